The number of anilines is 1. The van der Waals surface area contributed by atoms with Crippen LogP contribution in [0, 0.1) is 5.92 Å². The molecule has 5 rings (SSSR count). The lowest BCUT2D eigenvalue weighted by Crippen LogP contribution is -2.46. The van der Waals surface area contributed by atoms with E-state index >= 15 is 0 Å². The Morgan fingerprint density at radius 1 is 1.15 bits per heavy atom. The minimum absolute atomic E-state index is 0.362. The fourth-order valence-corrected chi connectivity index (χ4v) is 3.67. The van der Waals surface area contributed by atoms with Crippen molar-refractivity contribution in [1.82, 2.24) is 10.1 Å². The molecule has 20 heavy (non-hydrogen) atoms. The molecule has 1 atom stereocenters. The van der Waals surface area contributed by atoms with Crippen molar-refractivity contribution in [2.24, 2.45) is 5.92 Å². The van der Waals surface area contributed by atoms with Crippen LogP contribution in [0.4, 0.5) is 5.88 Å². The molecule has 0 spiro atoms. The standard InChI is InChI=1S/C16H19N3O/c17-16-9-15(18-20-16)13-3-1-11(2-4-13)14-10-19-7-5-12(14)6-8-19/h1-4,9,12,14H,5-8,10,17H2. The van der Waals surface area contributed by atoms with Crippen molar-refractivity contribution >= 4 is 5.88 Å². The van der Waals surface area contributed by atoms with Crippen LogP contribution >= 0.6 is 0 Å². The highest BCUT2D eigenvalue weighted by Crippen LogP contribution is 2.39. The third-order valence-corrected chi connectivity index (χ3v) is 4.82. The number of hydrogen-bond acceptors (Lipinski definition) is 4. The third kappa shape index (κ3) is 2.00. The maximum atomic E-state index is 5.57. The van der Waals surface area contributed by atoms with Crippen LogP contribution in [0.2, 0.25) is 0 Å². The molecule has 0 saturated carbocycles. The highest BCUT2D eigenvalue weighted by Gasteiger charge is 2.34. The Bertz CT molecular complexity index is 596. The summed E-state index contributed by atoms with van der Waals surface area (Å²) in [6, 6.07) is 10.5. The van der Waals surface area contributed by atoms with E-state index in [1.54, 1.807) is 6.07 Å². The van der Waals surface area contributed by atoms with Gasteiger partial charge in [0.15, 0.2) is 0 Å². The Labute approximate surface area is 118 Å². The van der Waals surface area contributed by atoms with Crippen molar-refractivity contribution in [3.05, 3.63) is 35.9 Å². The van der Waals surface area contributed by atoms with Crippen molar-refractivity contribution in [3.63, 3.8) is 0 Å². The quantitative estimate of drug-likeness (QED) is 0.910. The lowest BCUT2D eigenvalue weighted by atomic mass is 9.75. The largest absolute Gasteiger partial charge is 0.368 e. The number of fused-ring (bicyclic) bond motifs is 3. The van der Waals surface area contributed by atoms with Crippen LogP contribution in [0.15, 0.2) is 34.9 Å². The van der Waals surface area contributed by atoms with E-state index in [0.29, 0.717) is 11.8 Å². The Kier molecular flexibility index (Phi) is 2.77. The zero-order chi connectivity index (χ0) is 13.5. The molecule has 2 aromatic rings. The molecule has 1 unspecified atom stereocenters. The summed E-state index contributed by atoms with van der Waals surface area (Å²) in [5.74, 6) is 1.93. The minimum Gasteiger partial charge on any atom is -0.368 e. The summed E-state index contributed by atoms with van der Waals surface area (Å²) in [6.07, 6.45) is 2.71. The van der Waals surface area contributed by atoms with Crippen LogP contribution in [0.1, 0.15) is 24.3 Å². The zero-order valence-electron chi connectivity index (χ0n) is 11.5. The van der Waals surface area contributed by atoms with Gasteiger partial charge in [0.1, 0.15) is 5.69 Å². The van der Waals surface area contributed by atoms with Gasteiger partial charge in [-0.3, -0.25) is 0 Å². The second-order valence-electron chi connectivity index (χ2n) is 5.98. The maximum Gasteiger partial charge on any atom is 0.222 e. The van der Waals surface area contributed by atoms with Gasteiger partial charge in [-0.15, -0.1) is 0 Å². The fraction of sp³-hybridized carbons (Fsp3) is 0.438. The third-order valence-electron chi connectivity index (χ3n) is 4.82. The van der Waals surface area contributed by atoms with Crippen molar-refractivity contribution in [3.8, 4) is 11.3 Å². The molecule has 4 nitrogen and oxygen atoms in total. The van der Waals surface area contributed by atoms with Gasteiger partial charge in [-0.05, 0) is 43.3 Å². The molecular weight excluding hydrogens is 250 g/mol. The molecule has 2 bridgehead atoms. The van der Waals surface area contributed by atoms with Gasteiger partial charge in [0.2, 0.25) is 5.88 Å². The molecule has 0 aliphatic carbocycles. The maximum absolute atomic E-state index is 5.57. The fourth-order valence-electron chi connectivity index (χ4n) is 3.67. The first-order valence-corrected chi connectivity index (χ1v) is 7.34. The van der Waals surface area contributed by atoms with Crippen molar-refractivity contribution in [1.29, 1.82) is 0 Å². The monoisotopic (exact) mass is 269 g/mol. The van der Waals surface area contributed by atoms with Gasteiger partial charge in [-0.2, -0.15) is 0 Å². The SMILES string of the molecule is Nc1cc(-c2ccc(C3CN4CCC3CC4)cc2)no1. The molecule has 0 amide bonds. The molecule has 3 fully saturated rings. The molecule has 1 aromatic carbocycles. The number of piperidine rings is 3. The number of nitrogens with two attached hydrogens (primary N) is 1. The average molecular weight is 269 g/mol. The van der Waals surface area contributed by atoms with E-state index in [0.717, 1.165) is 17.2 Å². The highest BCUT2D eigenvalue weighted by atomic mass is 16.5. The number of nitrogen functional groups attached to an aromatic ring is 1. The predicted molar refractivity (Wildman–Crippen MR) is 78.3 cm³/mol. The van der Waals surface area contributed by atoms with Gasteiger partial charge < -0.3 is 15.2 Å². The number of hydrogen-bond donors (Lipinski definition) is 1. The Hall–Kier alpha value is -1.81. The van der Waals surface area contributed by atoms with Crippen LogP contribution in [-0.2, 0) is 0 Å². The Balaban J connectivity index is 1.58. The molecule has 104 valence electrons. The zero-order valence-corrected chi connectivity index (χ0v) is 11.5. The topological polar surface area (TPSA) is 55.3 Å². The van der Waals surface area contributed by atoms with Gasteiger partial charge in [0.05, 0.1) is 0 Å². The van der Waals surface area contributed by atoms with Crippen molar-refractivity contribution in [2.75, 3.05) is 25.4 Å². The number of nitrogens with zero attached hydrogens (tertiary/aromatic N) is 2. The van der Waals surface area contributed by atoms with E-state index < -0.39 is 0 Å². The summed E-state index contributed by atoms with van der Waals surface area (Å²) in [4.78, 5) is 2.59. The molecule has 3 aliphatic heterocycles. The molecular formula is C16H19N3O. The number of aromatic nitrogens is 1. The van der Waals surface area contributed by atoms with Crippen LogP contribution in [0.5, 0.6) is 0 Å². The predicted octanol–water partition coefficient (Wildman–Crippen LogP) is 2.73. The molecule has 1 aromatic heterocycles. The van der Waals surface area contributed by atoms with Gasteiger partial charge in [0, 0.05) is 18.2 Å². The first-order chi connectivity index (χ1) is 9.79. The minimum atomic E-state index is 0.362. The number of rotatable bonds is 2. The first-order valence-electron chi connectivity index (χ1n) is 7.34. The summed E-state index contributed by atoms with van der Waals surface area (Å²) >= 11 is 0. The van der Waals surface area contributed by atoms with Crippen molar-refractivity contribution < 1.29 is 4.52 Å². The van der Waals surface area contributed by atoms with Gasteiger partial charge in [-0.25, -0.2) is 0 Å². The van der Waals surface area contributed by atoms with Crippen LogP contribution < -0.4 is 5.73 Å². The highest BCUT2D eigenvalue weighted by molar-refractivity contribution is 5.61. The lowest BCUT2D eigenvalue weighted by Gasteiger charge is -2.45. The van der Waals surface area contributed by atoms with Gasteiger partial charge in [0.25, 0.3) is 0 Å². The van der Waals surface area contributed by atoms with E-state index in [2.05, 4.69) is 34.3 Å². The molecule has 4 heterocycles. The summed E-state index contributed by atoms with van der Waals surface area (Å²) in [7, 11) is 0. The van der Waals surface area contributed by atoms with E-state index in [9.17, 15) is 0 Å². The van der Waals surface area contributed by atoms with E-state index in [1.807, 2.05) is 0 Å². The molecule has 0 radical (unpaired) electrons. The smallest absolute Gasteiger partial charge is 0.222 e. The van der Waals surface area contributed by atoms with Crippen LogP contribution in [-0.4, -0.2) is 29.7 Å². The van der Waals surface area contributed by atoms with E-state index in [-0.39, 0.29) is 0 Å². The molecule has 4 heteroatoms. The number of benzene rings is 1. The van der Waals surface area contributed by atoms with Crippen LogP contribution in [0.3, 0.4) is 0 Å². The lowest BCUT2D eigenvalue weighted by molar-refractivity contribution is 0.0871. The normalized spacial score (nSPS) is 28.7. The second kappa shape index (κ2) is 4.63. The van der Waals surface area contributed by atoms with Crippen molar-refractivity contribution in [2.45, 2.75) is 18.8 Å². The first kappa shape index (κ1) is 12.0. The summed E-state index contributed by atoms with van der Waals surface area (Å²) in [6.45, 7) is 3.80. The molecule has 3 aliphatic rings. The van der Waals surface area contributed by atoms with Gasteiger partial charge >= 0.3 is 0 Å². The van der Waals surface area contributed by atoms with E-state index in [4.69, 9.17) is 10.3 Å². The Morgan fingerprint density at radius 3 is 2.45 bits per heavy atom. The van der Waals surface area contributed by atoms with Gasteiger partial charge in [-0.1, -0.05) is 29.4 Å². The summed E-state index contributed by atoms with van der Waals surface area (Å²) in [5.41, 5.74) is 8.90. The second-order valence-corrected chi connectivity index (χ2v) is 5.98. The summed E-state index contributed by atoms with van der Waals surface area (Å²) in [5, 5.41) is 3.96. The summed E-state index contributed by atoms with van der Waals surface area (Å²) < 4.78 is 4.93. The van der Waals surface area contributed by atoms with Crippen LogP contribution in [0.25, 0.3) is 11.3 Å². The molecule has 3 saturated heterocycles. The van der Waals surface area contributed by atoms with E-state index in [1.165, 1.54) is 38.0 Å². The Morgan fingerprint density at radius 2 is 1.90 bits per heavy atom. The molecule has 2 N–H and O–H groups in total. The average Bonchev–Trinajstić information content (AvgIpc) is 2.95.